The Morgan fingerprint density at radius 1 is 1.13 bits per heavy atom. The molecule has 1 aromatic heterocycles. The average Bonchev–Trinajstić information content (AvgIpc) is 2.97. The molecule has 0 spiro atoms. The van der Waals surface area contributed by atoms with Crippen LogP contribution >= 0.6 is 27.3 Å². The highest BCUT2D eigenvalue weighted by atomic mass is 79.9. The zero-order valence-corrected chi connectivity index (χ0v) is 14.5. The van der Waals surface area contributed by atoms with E-state index in [4.69, 9.17) is 4.74 Å². The molecule has 0 unspecified atom stereocenters. The number of amides is 1. The van der Waals surface area contributed by atoms with Crippen molar-refractivity contribution in [3.63, 3.8) is 0 Å². The summed E-state index contributed by atoms with van der Waals surface area (Å²) in [4.78, 5) is 24.4. The van der Waals surface area contributed by atoms with Crippen LogP contribution in [-0.4, -0.2) is 19.0 Å². The molecule has 1 amide bonds. The first-order valence-electron chi connectivity index (χ1n) is 6.76. The molecule has 0 atom stereocenters. The largest absolute Gasteiger partial charge is 0.465 e. The van der Waals surface area contributed by atoms with E-state index >= 15 is 0 Å². The molecule has 0 fully saturated rings. The third-order valence-electron chi connectivity index (χ3n) is 3.28. The molecule has 0 saturated heterocycles. The predicted octanol–water partition coefficient (Wildman–Crippen LogP) is 4.70. The van der Waals surface area contributed by atoms with Crippen molar-refractivity contribution in [1.82, 2.24) is 0 Å². The minimum atomic E-state index is -0.356. The predicted molar refractivity (Wildman–Crippen MR) is 95.3 cm³/mol. The molecule has 1 N–H and O–H groups in total. The van der Waals surface area contributed by atoms with Gasteiger partial charge in [0.1, 0.15) is 4.88 Å². The number of rotatable bonds is 3. The van der Waals surface area contributed by atoms with Crippen LogP contribution < -0.4 is 5.32 Å². The SMILES string of the molecule is COC(=O)c1cc2cc(NC(=O)c3ccccc3Br)ccc2s1. The summed E-state index contributed by atoms with van der Waals surface area (Å²) in [6.07, 6.45) is 0. The Morgan fingerprint density at radius 2 is 1.91 bits per heavy atom. The van der Waals surface area contributed by atoms with Crippen LogP contribution in [0.1, 0.15) is 20.0 Å². The standard InChI is InChI=1S/C17H12BrNO3S/c1-22-17(21)15-9-10-8-11(6-7-14(10)23-15)19-16(20)12-4-2-3-5-13(12)18/h2-9H,1H3,(H,19,20). The van der Waals surface area contributed by atoms with Crippen LogP contribution in [0.15, 0.2) is 53.0 Å². The first-order valence-corrected chi connectivity index (χ1v) is 8.37. The number of ether oxygens (including phenoxy) is 1. The Morgan fingerprint density at radius 3 is 2.65 bits per heavy atom. The highest BCUT2D eigenvalue weighted by molar-refractivity contribution is 9.10. The molecule has 0 aliphatic rings. The number of benzene rings is 2. The molecular weight excluding hydrogens is 378 g/mol. The lowest BCUT2D eigenvalue weighted by Crippen LogP contribution is -2.12. The molecule has 0 saturated carbocycles. The number of thiophene rings is 1. The summed E-state index contributed by atoms with van der Waals surface area (Å²) in [5, 5.41) is 3.75. The molecule has 0 bridgehead atoms. The van der Waals surface area contributed by atoms with Crippen LogP contribution in [0.3, 0.4) is 0 Å². The minimum Gasteiger partial charge on any atom is -0.465 e. The fourth-order valence-electron chi connectivity index (χ4n) is 2.17. The Labute approximate surface area is 145 Å². The zero-order valence-electron chi connectivity index (χ0n) is 12.1. The Hall–Kier alpha value is -2.18. The lowest BCUT2D eigenvalue weighted by Gasteiger charge is -2.06. The van der Waals surface area contributed by atoms with Gasteiger partial charge in [-0.05, 0) is 57.7 Å². The number of esters is 1. The van der Waals surface area contributed by atoms with E-state index in [1.54, 1.807) is 12.1 Å². The van der Waals surface area contributed by atoms with Crippen LogP contribution in [0.25, 0.3) is 10.1 Å². The van der Waals surface area contributed by atoms with Crippen LogP contribution in [0.2, 0.25) is 0 Å². The van der Waals surface area contributed by atoms with Crippen molar-refractivity contribution in [2.75, 3.05) is 12.4 Å². The molecule has 6 heteroatoms. The number of hydrogen-bond acceptors (Lipinski definition) is 4. The second-order valence-electron chi connectivity index (χ2n) is 4.79. The lowest BCUT2D eigenvalue weighted by atomic mass is 10.2. The smallest absolute Gasteiger partial charge is 0.348 e. The lowest BCUT2D eigenvalue weighted by molar-refractivity contribution is 0.0606. The third kappa shape index (κ3) is 3.28. The summed E-state index contributed by atoms with van der Waals surface area (Å²) in [7, 11) is 1.36. The van der Waals surface area contributed by atoms with E-state index in [1.165, 1.54) is 18.4 Å². The van der Waals surface area contributed by atoms with Gasteiger partial charge in [-0.1, -0.05) is 12.1 Å². The molecule has 116 valence electrons. The number of methoxy groups -OCH3 is 1. The van der Waals surface area contributed by atoms with Crippen LogP contribution in [0.4, 0.5) is 5.69 Å². The summed E-state index contributed by atoms with van der Waals surface area (Å²) >= 11 is 4.73. The number of carbonyl (C=O) groups excluding carboxylic acids is 2. The molecule has 1 heterocycles. The Kier molecular flexibility index (Phi) is 4.45. The molecule has 0 aliphatic heterocycles. The summed E-state index contributed by atoms with van der Waals surface area (Å²) in [6.45, 7) is 0. The highest BCUT2D eigenvalue weighted by Gasteiger charge is 2.12. The molecule has 0 radical (unpaired) electrons. The van der Waals surface area contributed by atoms with E-state index < -0.39 is 0 Å². The van der Waals surface area contributed by atoms with E-state index in [2.05, 4.69) is 21.2 Å². The monoisotopic (exact) mass is 389 g/mol. The van der Waals surface area contributed by atoms with Gasteiger partial charge in [0, 0.05) is 14.9 Å². The van der Waals surface area contributed by atoms with Gasteiger partial charge in [-0.25, -0.2) is 4.79 Å². The van der Waals surface area contributed by atoms with Gasteiger partial charge in [0.2, 0.25) is 0 Å². The van der Waals surface area contributed by atoms with Crippen molar-refractivity contribution >= 4 is 54.9 Å². The highest BCUT2D eigenvalue weighted by Crippen LogP contribution is 2.29. The van der Waals surface area contributed by atoms with Crippen molar-refractivity contribution in [1.29, 1.82) is 0 Å². The molecular formula is C17H12BrNO3S. The van der Waals surface area contributed by atoms with Gasteiger partial charge in [0.25, 0.3) is 5.91 Å². The zero-order chi connectivity index (χ0) is 16.4. The van der Waals surface area contributed by atoms with Crippen molar-refractivity contribution < 1.29 is 14.3 Å². The van der Waals surface area contributed by atoms with E-state index in [9.17, 15) is 9.59 Å². The molecule has 0 aliphatic carbocycles. The maximum atomic E-state index is 12.3. The Balaban J connectivity index is 1.87. The van der Waals surface area contributed by atoms with Crippen molar-refractivity contribution in [3.8, 4) is 0 Å². The summed E-state index contributed by atoms with van der Waals surface area (Å²) < 4.78 is 6.43. The van der Waals surface area contributed by atoms with Crippen molar-refractivity contribution in [2.45, 2.75) is 0 Å². The summed E-state index contributed by atoms with van der Waals surface area (Å²) in [6, 6.07) is 14.5. The number of nitrogens with one attached hydrogen (secondary N) is 1. The molecule has 3 rings (SSSR count). The Bertz CT molecular complexity index is 904. The van der Waals surface area contributed by atoms with Gasteiger partial charge in [0.15, 0.2) is 0 Å². The van der Waals surface area contributed by atoms with E-state index in [1.807, 2.05) is 36.4 Å². The van der Waals surface area contributed by atoms with Gasteiger partial charge < -0.3 is 10.1 Å². The average molecular weight is 390 g/mol. The number of halogens is 1. The minimum absolute atomic E-state index is 0.194. The normalized spacial score (nSPS) is 10.5. The van der Waals surface area contributed by atoms with Crippen LogP contribution in [0.5, 0.6) is 0 Å². The van der Waals surface area contributed by atoms with Gasteiger partial charge in [0.05, 0.1) is 12.7 Å². The molecule has 4 nitrogen and oxygen atoms in total. The quantitative estimate of drug-likeness (QED) is 0.660. The second kappa shape index (κ2) is 6.52. The summed E-state index contributed by atoms with van der Waals surface area (Å²) in [5.74, 6) is -0.551. The number of hydrogen-bond donors (Lipinski definition) is 1. The fraction of sp³-hybridized carbons (Fsp3) is 0.0588. The maximum Gasteiger partial charge on any atom is 0.348 e. The number of carbonyl (C=O) groups is 2. The van der Waals surface area contributed by atoms with Crippen LogP contribution in [-0.2, 0) is 4.74 Å². The third-order valence-corrected chi connectivity index (χ3v) is 5.07. The fourth-order valence-corrected chi connectivity index (χ4v) is 3.59. The van der Waals surface area contributed by atoms with Crippen molar-refractivity contribution in [3.05, 3.63) is 63.4 Å². The number of anilines is 1. The topological polar surface area (TPSA) is 55.4 Å². The first kappa shape index (κ1) is 15.7. The van der Waals surface area contributed by atoms with Crippen molar-refractivity contribution in [2.24, 2.45) is 0 Å². The van der Waals surface area contributed by atoms with Gasteiger partial charge in [-0.3, -0.25) is 4.79 Å². The summed E-state index contributed by atoms with van der Waals surface area (Å²) in [5.41, 5.74) is 1.24. The van der Waals surface area contributed by atoms with Crippen LogP contribution in [0, 0.1) is 0 Å². The van der Waals surface area contributed by atoms with E-state index in [0.29, 0.717) is 16.1 Å². The second-order valence-corrected chi connectivity index (χ2v) is 6.73. The van der Waals surface area contributed by atoms with Gasteiger partial charge >= 0.3 is 5.97 Å². The van der Waals surface area contributed by atoms with Gasteiger partial charge in [-0.15, -0.1) is 11.3 Å². The van der Waals surface area contributed by atoms with Gasteiger partial charge in [-0.2, -0.15) is 0 Å². The molecule has 2 aromatic carbocycles. The van der Waals surface area contributed by atoms with E-state index in [-0.39, 0.29) is 11.9 Å². The molecule has 23 heavy (non-hydrogen) atoms. The maximum absolute atomic E-state index is 12.3. The number of fused-ring (bicyclic) bond motifs is 1. The molecule has 3 aromatic rings. The van der Waals surface area contributed by atoms with E-state index in [0.717, 1.165) is 14.6 Å². The first-order chi connectivity index (χ1) is 11.1.